The zero-order valence-electron chi connectivity index (χ0n) is 10.1. The Bertz CT molecular complexity index is 546. The van der Waals surface area contributed by atoms with Gasteiger partial charge in [-0.05, 0) is 19.9 Å². The molecule has 2 N–H and O–H groups in total. The standard InChI is InChI=1S/C12H15N3O2/c1-7(2)14-12(16)10-4-8-6-13-11(17-3)5-9(8)15-10/h4-7,15H,1-3H3,(H,14,16). The summed E-state index contributed by atoms with van der Waals surface area (Å²) < 4.78 is 5.02. The van der Waals surface area contributed by atoms with E-state index in [-0.39, 0.29) is 11.9 Å². The summed E-state index contributed by atoms with van der Waals surface area (Å²) >= 11 is 0. The molecule has 5 heteroatoms. The van der Waals surface area contributed by atoms with E-state index in [9.17, 15) is 4.79 Å². The maximum Gasteiger partial charge on any atom is 0.267 e. The second-order valence-electron chi connectivity index (χ2n) is 4.13. The smallest absolute Gasteiger partial charge is 0.267 e. The van der Waals surface area contributed by atoms with Crippen molar-refractivity contribution in [1.29, 1.82) is 0 Å². The lowest BCUT2D eigenvalue weighted by Gasteiger charge is -2.05. The molecule has 0 aliphatic rings. The summed E-state index contributed by atoms with van der Waals surface area (Å²) in [6.45, 7) is 3.84. The zero-order valence-corrected chi connectivity index (χ0v) is 10.1. The van der Waals surface area contributed by atoms with Gasteiger partial charge in [-0.15, -0.1) is 0 Å². The van der Waals surface area contributed by atoms with Gasteiger partial charge in [0.25, 0.3) is 5.91 Å². The molecule has 2 aromatic heterocycles. The second-order valence-corrected chi connectivity index (χ2v) is 4.13. The molecule has 0 fully saturated rings. The summed E-state index contributed by atoms with van der Waals surface area (Å²) in [7, 11) is 1.56. The third-order valence-electron chi connectivity index (χ3n) is 2.35. The van der Waals surface area contributed by atoms with Crippen molar-refractivity contribution in [3.63, 3.8) is 0 Å². The van der Waals surface area contributed by atoms with E-state index in [4.69, 9.17) is 4.74 Å². The van der Waals surface area contributed by atoms with Crippen molar-refractivity contribution in [1.82, 2.24) is 15.3 Å². The van der Waals surface area contributed by atoms with Gasteiger partial charge in [0.15, 0.2) is 0 Å². The van der Waals surface area contributed by atoms with Gasteiger partial charge in [0, 0.05) is 23.7 Å². The Morgan fingerprint density at radius 2 is 2.24 bits per heavy atom. The number of hydrogen-bond donors (Lipinski definition) is 2. The summed E-state index contributed by atoms with van der Waals surface area (Å²) in [6, 6.07) is 3.66. The number of methoxy groups -OCH3 is 1. The van der Waals surface area contributed by atoms with Crippen molar-refractivity contribution in [3.05, 3.63) is 24.0 Å². The van der Waals surface area contributed by atoms with E-state index in [1.165, 1.54) is 0 Å². The van der Waals surface area contributed by atoms with E-state index in [1.807, 2.05) is 13.8 Å². The number of amides is 1. The van der Waals surface area contributed by atoms with Crippen LogP contribution in [0.1, 0.15) is 24.3 Å². The molecular weight excluding hydrogens is 218 g/mol. The fraction of sp³-hybridized carbons (Fsp3) is 0.333. The second kappa shape index (κ2) is 4.45. The number of hydrogen-bond acceptors (Lipinski definition) is 3. The summed E-state index contributed by atoms with van der Waals surface area (Å²) in [5, 5.41) is 3.72. The third kappa shape index (κ3) is 2.38. The average molecular weight is 233 g/mol. The normalized spacial score (nSPS) is 10.8. The van der Waals surface area contributed by atoms with Crippen LogP contribution in [0.2, 0.25) is 0 Å². The van der Waals surface area contributed by atoms with Crippen molar-refractivity contribution in [3.8, 4) is 5.88 Å². The Kier molecular flexibility index (Phi) is 2.99. The number of pyridine rings is 1. The van der Waals surface area contributed by atoms with Crippen LogP contribution in [-0.4, -0.2) is 29.0 Å². The van der Waals surface area contributed by atoms with E-state index in [2.05, 4.69) is 15.3 Å². The van der Waals surface area contributed by atoms with Crippen LogP contribution in [0.25, 0.3) is 10.9 Å². The van der Waals surface area contributed by atoms with Crippen molar-refractivity contribution in [2.75, 3.05) is 7.11 Å². The van der Waals surface area contributed by atoms with Crippen LogP contribution in [0.3, 0.4) is 0 Å². The third-order valence-corrected chi connectivity index (χ3v) is 2.35. The number of fused-ring (bicyclic) bond motifs is 1. The first kappa shape index (κ1) is 11.4. The first-order valence-corrected chi connectivity index (χ1v) is 5.44. The Labute approximate surface area is 99.2 Å². The van der Waals surface area contributed by atoms with E-state index >= 15 is 0 Å². The molecule has 0 aromatic carbocycles. The molecule has 90 valence electrons. The lowest BCUT2D eigenvalue weighted by atomic mass is 10.3. The molecule has 5 nitrogen and oxygen atoms in total. The Morgan fingerprint density at radius 3 is 2.88 bits per heavy atom. The predicted molar refractivity (Wildman–Crippen MR) is 65.2 cm³/mol. The molecule has 0 radical (unpaired) electrons. The Hall–Kier alpha value is -2.04. The summed E-state index contributed by atoms with van der Waals surface area (Å²) in [4.78, 5) is 18.9. The largest absolute Gasteiger partial charge is 0.481 e. The van der Waals surface area contributed by atoms with Crippen LogP contribution in [0.5, 0.6) is 5.88 Å². The van der Waals surface area contributed by atoms with E-state index in [1.54, 1.807) is 25.4 Å². The minimum atomic E-state index is -0.116. The molecule has 0 aliphatic carbocycles. The number of carbonyl (C=O) groups excluding carboxylic acids is 1. The van der Waals surface area contributed by atoms with Crippen LogP contribution in [0, 0.1) is 0 Å². The molecule has 17 heavy (non-hydrogen) atoms. The highest BCUT2D eigenvalue weighted by molar-refractivity contribution is 5.98. The lowest BCUT2D eigenvalue weighted by molar-refractivity contribution is 0.0939. The molecule has 2 aromatic rings. The first-order chi connectivity index (χ1) is 8.10. The molecule has 0 spiro atoms. The van der Waals surface area contributed by atoms with E-state index in [0.717, 1.165) is 10.9 Å². The van der Waals surface area contributed by atoms with Gasteiger partial charge in [0.1, 0.15) is 5.69 Å². The molecule has 1 amide bonds. The minimum Gasteiger partial charge on any atom is -0.481 e. The molecule has 2 rings (SSSR count). The monoisotopic (exact) mass is 233 g/mol. The van der Waals surface area contributed by atoms with Crippen LogP contribution >= 0.6 is 0 Å². The van der Waals surface area contributed by atoms with Crippen LogP contribution in [0.15, 0.2) is 18.3 Å². The maximum absolute atomic E-state index is 11.8. The fourth-order valence-electron chi connectivity index (χ4n) is 1.58. The predicted octanol–water partition coefficient (Wildman–Crippen LogP) is 1.71. The van der Waals surface area contributed by atoms with Crippen molar-refractivity contribution in [2.24, 2.45) is 0 Å². The molecule has 0 unspecified atom stereocenters. The SMILES string of the molecule is COc1cc2[nH]c(C(=O)NC(C)C)cc2cn1. The fourth-order valence-corrected chi connectivity index (χ4v) is 1.58. The zero-order chi connectivity index (χ0) is 12.4. The number of nitrogens with zero attached hydrogens (tertiary/aromatic N) is 1. The number of nitrogens with one attached hydrogen (secondary N) is 2. The van der Waals surface area contributed by atoms with Gasteiger partial charge in [0.05, 0.1) is 12.6 Å². The van der Waals surface area contributed by atoms with E-state index < -0.39 is 0 Å². The van der Waals surface area contributed by atoms with Crippen LogP contribution in [0.4, 0.5) is 0 Å². The molecule has 0 atom stereocenters. The highest BCUT2D eigenvalue weighted by atomic mass is 16.5. The lowest BCUT2D eigenvalue weighted by Crippen LogP contribution is -2.30. The highest BCUT2D eigenvalue weighted by Gasteiger charge is 2.10. The van der Waals surface area contributed by atoms with Crippen molar-refractivity contribution < 1.29 is 9.53 Å². The number of rotatable bonds is 3. The molecule has 0 saturated carbocycles. The minimum absolute atomic E-state index is 0.113. The van der Waals surface area contributed by atoms with Crippen LogP contribution < -0.4 is 10.1 Å². The summed E-state index contributed by atoms with van der Waals surface area (Å²) in [5.41, 5.74) is 1.37. The number of aromatic amines is 1. The quantitative estimate of drug-likeness (QED) is 0.848. The average Bonchev–Trinajstić information content (AvgIpc) is 2.70. The van der Waals surface area contributed by atoms with Gasteiger partial charge in [0.2, 0.25) is 5.88 Å². The maximum atomic E-state index is 11.8. The molecule has 0 saturated heterocycles. The van der Waals surface area contributed by atoms with Crippen LogP contribution in [-0.2, 0) is 0 Å². The van der Waals surface area contributed by atoms with Gasteiger partial charge in [-0.1, -0.05) is 0 Å². The number of H-pyrrole nitrogens is 1. The molecular formula is C12H15N3O2. The summed E-state index contributed by atoms with van der Waals surface area (Å²) in [6.07, 6.45) is 1.68. The Morgan fingerprint density at radius 1 is 1.47 bits per heavy atom. The van der Waals surface area contributed by atoms with Gasteiger partial charge in [-0.2, -0.15) is 0 Å². The van der Waals surface area contributed by atoms with Crippen molar-refractivity contribution in [2.45, 2.75) is 19.9 Å². The highest BCUT2D eigenvalue weighted by Crippen LogP contribution is 2.18. The van der Waals surface area contributed by atoms with Crippen molar-refractivity contribution >= 4 is 16.8 Å². The van der Waals surface area contributed by atoms with Gasteiger partial charge < -0.3 is 15.0 Å². The number of aromatic nitrogens is 2. The molecule has 0 aliphatic heterocycles. The van der Waals surface area contributed by atoms with Gasteiger partial charge in [-0.3, -0.25) is 4.79 Å². The number of carbonyl (C=O) groups is 1. The summed E-state index contributed by atoms with van der Waals surface area (Å²) in [5.74, 6) is 0.408. The Balaban J connectivity index is 2.34. The molecule has 0 bridgehead atoms. The molecule has 2 heterocycles. The van der Waals surface area contributed by atoms with Gasteiger partial charge >= 0.3 is 0 Å². The van der Waals surface area contributed by atoms with E-state index in [0.29, 0.717) is 11.6 Å². The topological polar surface area (TPSA) is 67.0 Å². The van der Waals surface area contributed by atoms with Gasteiger partial charge in [-0.25, -0.2) is 4.98 Å². The number of ether oxygens (including phenoxy) is 1. The first-order valence-electron chi connectivity index (χ1n) is 5.44.